The van der Waals surface area contributed by atoms with Gasteiger partial charge in [0.1, 0.15) is 17.8 Å². The van der Waals surface area contributed by atoms with Gasteiger partial charge in [0.2, 0.25) is 5.13 Å². The lowest BCUT2D eigenvalue weighted by Gasteiger charge is -2.26. The number of nitrogens with zero attached hydrogens (tertiary/aromatic N) is 6. The third-order valence-corrected chi connectivity index (χ3v) is 5.11. The molecule has 0 spiro atoms. The van der Waals surface area contributed by atoms with Crippen molar-refractivity contribution >= 4 is 28.2 Å². The van der Waals surface area contributed by atoms with Crippen molar-refractivity contribution in [3.63, 3.8) is 0 Å². The molecule has 0 aliphatic carbocycles. The molecule has 1 aliphatic heterocycles. The largest absolute Gasteiger partial charge is 0.344 e. The lowest BCUT2D eigenvalue weighted by Crippen LogP contribution is -2.48. The first-order valence-electron chi connectivity index (χ1n) is 7.71. The van der Waals surface area contributed by atoms with Gasteiger partial charge in [0.15, 0.2) is 5.65 Å². The average Bonchev–Trinajstić information content (AvgIpc) is 3.26. The summed E-state index contributed by atoms with van der Waals surface area (Å²) in [6, 6.07) is 5.41. The van der Waals surface area contributed by atoms with E-state index in [1.807, 2.05) is 19.1 Å². The molecule has 1 atom stereocenters. The van der Waals surface area contributed by atoms with Crippen LogP contribution in [0.5, 0.6) is 0 Å². The van der Waals surface area contributed by atoms with E-state index in [4.69, 9.17) is 0 Å². The second-order valence-corrected chi connectivity index (χ2v) is 7.01. The summed E-state index contributed by atoms with van der Waals surface area (Å²) in [5, 5.41) is 11.9. The minimum Gasteiger partial charge on any atom is -0.344 e. The zero-order chi connectivity index (χ0) is 16.7. The minimum absolute atomic E-state index is 0.127. The van der Waals surface area contributed by atoms with E-state index < -0.39 is 0 Å². The van der Waals surface area contributed by atoms with Gasteiger partial charge in [-0.1, -0.05) is 6.07 Å². The predicted molar refractivity (Wildman–Crippen MR) is 90.3 cm³/mol. The number of pyridine rings is 1. The molecule has 9 heteroatoms. The molecule has 0 radical (unpaired) electrons. The van der Waals surface area contributed by atoms with Crippen molar-refractivity contribution in [1.29, 1.82) is 0 Å². The molecule has 1 fully saturated rings. The Balaban J connectivity index is 1.52. The van der Waals surface area contributed by atoms with E-state index in [2.05, 4.69) is 36.7 Å². The number of aryl methyl sites for hydroxylation is 1. The maximum atomic E-state index is 12.7. The number of hydrogen-bond acceptors (Lipinski definition) is 7. The van der Waals surface area contributed by atoms with Crippen molar-refractivity contribution < 1.29 is 4.79 Å². The summed E-state index contributed by atoms with van der Waals surface area (Å²) in [6.07, 6.45) is 2.41. The monoisotopic (exact) mass is 343 g/mol. The SMILES string of the molecule is Cc1nsc(N2CCC(C)(NC(=O)c3cccc4nncn34)C2)n1. The summed E-state index contributed by atoms with van der Waals surface area (Å²) in [4.78, 5) is 19.3. The molecule has 1 aliphatic rings. The van der Waals surface area contributed by atoms with Crippen LogP contribution < -0.4 is 10.2 Å². The van der Waals surface area contributed by atoms with Crippen LogP contribution in [-0.2, 0) is 0 Å². The molecule has 1 N–H and O–H groups in total. The number of carbonyl (C=O) groups excluding carboxylic acids is 1. The molecule has 0 aromatic carbocycles. The topological polar surface area (TPSA) is 88.3 Å². The van der Waals surface area contributed by atoms with Crippen molar-refractivity contribution in [3.8, 4) is 0 Å². The number of nitrogens with one attached hydrogen (secondary N) is 1. The van der Waals surface area contributed by atoms with Crippen molar-refractivity contribution in [2.75, 3.05) is 18.0 Å². The van der Waals surface area contributed by atoms with Gasteiger partial charge in [-0.05, 0) is 32.4 Å². The molecule has 0 saturated carbocycles. The highest BCUT2D eigenvalue weighted by molar-refractivity contribution is 7.09. The molecular formula is C15H17N7OS. The van der Waals surface area contributed by atoms with Crippen LogP contribution in [0.1, 0.15) is 29.7 Å². The Bertz CT molecular complexity index is 904. The van der Waals surface area contributed by atoms with Crippen molar-refractivity contribution in [1.82, 2.24) is 29.3 Å². The van der Waals surface area contributed by atoms with Gasteiger partial charge in [0, 0.05) is 24.6 Å². The normalized spacial score (nSPS) is 20.7. The Morgan fingerprint density at radius 3 is 3.08 bits per heavy atom. The smallest absolute Gasteiger partial charge is 0.268 e. The van der Waals surface area contributed by atoms with Crippen LogP contribution in [0.4, 0.5) is 5.13 Å². The van der Waals surface area contributed by atoms with Gasteiger partial charge in [-0.25, -0.2) is 4.98 Å². The molecular weight excluding hydrogens is 326 g/mol. The summed E-state index contributed by atoms with van der Waals surface area (Å²) in [7, 11) is 0. The van der Waals surface area contributed by atoms with Crippen molar-refractivity contribution in [2.45, 2.75) is 25.8 Å². The lowest BCUT2D eigenvalue weighted by molar-refractivity contribution is 0.0907. The maximum Gasteiger partial charge on any atom is 0.268 e. The molecule has 8 nitrogen and oxygen atoms in total. The Labute approximate surface area is 142 Å². The van der Waals surface area contributed by atoms with E-state index in [9.17, 15) is 4.79 Å². The number of fused-ring (bicyclic) bond motifs is 1. The van der Waals surface area contributed by atoms with Crippen LogP contribution in [0.25, 0.3) is 5.65 Å². The highest BCUT2D eigenvalue weighted by Gasteiger charge is 2.36. The summed E-state index contributed by atoms with van der Waals surface area (Å²) >= 11 is 1.40. The summed E-state index contributed by atoms with van der Waals surface area (Å²) in [6.45, 7) is 5.51. The standard InChI is InChI=1S/C15H17N7OS/c1-10-17-14(24-20-10)21-7-6-15(2,8-21)18-13(23)11-4-3-5-12-19-16-9-22(11)12/h3-5,9H,6-8H2,1-2H3,(H,18,23). The number of carbonyl (C=O) groups is 1. The van der Waals surface area contributed by atoms with Crippen LogP contribution in [0.15, 0.2) is 24.5 Å². The van der Waals surface area contributed by atoms with E-state index in [0.29, 0.717) is 17.9 Å². The Morgan fingerprint density at radius 2 is 2.29 bits per heavy atom. The van der Waals surface area contributed by atoms with Gasteiger partial charge < -0.3 is 10.2 Å². The van der Waals surface area contributed by atoms with E-state index in [1.54, 1.807) is 16.8 Å². The quantitative estimate of drug-likeness (QED) is 0.771. The number of aromatic nitrogens is 5. The Morgan fingerprint density at radius 1 is 1.42 bits per heavy atom. The zero-order valence-corrected chi connectivity index (χ0v) is 14.2. The molecule has 1 amide bonds. The predicted octanol–water partition coefficient (Wildman–Crippen LogP) is 1.29. The molecule has 124 valence electrons. The summed E-state index contributed by atoms with van der Waals surface area (Å²) in [5.74, 6) is 0.658. The molecule has 4 rings (SSSR count). The van der Waals surface area contributed by atoms with E-state index in [-0.39, 0.29) is 11.4 Å². The number of amides is 1. The van der Waals surface area contributed by atoms with Gasteiger partial charge in [-0.15, -0.1) is 10.2 Å². The maximum absolute atomic E-state index is 12.7. The number of hydrogen-bond donors (Lipinski definition) is 1. The van der Waals surface area contributed by atoms with Crippen LogP contribution in [0.3, 0.4) is 0 Å². The molecule has 4 heterocycles. The number of anilines is 1. The third-order valence-electron chi connectivity index (χ3n) is 4.24. The third kappa shape index (κ3) is 2.60. The molecule has 24 heavy (non-hydrogen) atoms. The van der Waals surface area contributed by atoms with Gasteiger partial charge in [0.25, 0.3) is 5.91 Å². The first-order valence-corrected chi connectivity index (χ1v) is 8.48. The van der Waals surface area contributed by atoms with E-state index >= 15 is 0 Å². The van der Waals surface area contributed by atoms with E-state index in [0.717, 1.165) is 23.9 Å². The molecule has 3 aromatic rings. The fraction of sp³-hybridized carbons (Fsp3) is 0.400. The fourth-order valence-corrected chi connectivity index (χ4v) is 3.71. The first kappa shape index (κ1) is 15.0. The van der Waals surface area contributed by atoms with Gasteiger partial charge in [-0.2, -0.15) is 4.37 Å². The highest BCUT2D eigenvalue weighted by atomic mass is 32.1. The van der Waals surface area contributed by atoms with Crippen LogP contribution >= 0.6 is 11.5 Å². The minimum atomic E-state index is -0.313. The summed E-state index contributed by atoms with van der Waals surface area (Å²) in [5.41, 5.74) is 0.876. The zero-order valence-electron chi connectivity index (χ0n) is 13.4. The first-order chi connectivity index (χ1) is 11.5. The molecule has 1 saturated heterocycles. The van der Waals surface area contributed by atoms with Gasteiger partial charge in [-0.3, -0.25) is 9.20 Å². The second-order valence-electron chi connectivity index (χ2n) is 6.28. The number of rotatable bonds is 3. The van der Waals surface area contributed by atoms with Crippen LogP contribution in [0.2, 0.25) is 0 Å². The average molecular weight is 343 g/mol. The van der Waals surface area contributed by atoms with Crippen LogP contribution in [0, 0.1) is 6.92 Å². The highest BCUT2D eigenvalue weighted by Crippen LogP contribution is 2.28. The second kappa shape index (κ2) is 5.52. The van der Waals surface area contributed by atoms with Crippen molar-refractivity contribution in [2.24, 2.45) is 0 Å². The fourth-order valence-electron chi connectivity index (χ4n) is 3.01. The van der Waals surface area contributed by atoms with E-state index in [1.165, 1.54) is 11.5 Å². The van der Waals surface area contributed by atoms with Crippen molar-refractivity contribution in [3.05, 3.63) is 36.0 Å². The lowest BCUT2D eigenvalue weighted by atomic mass is 10.0. The molecule has 0 bridgehead atoms. The Hall–Kier alpha value is -2.55. The van der Waals surface area contributed by atoms with Crippen LogP contribution in [-0.4, -0.2) is 48.5 Å². The van der Waals surface area contributed by atoms with Gasteiger partial charge in [0.05, 0.1) is 5.54 Å². The molecule has 3 aromatic heterocycles. The molecule has 1 unspecified atom stereocenters. The summed E-state index contributed by atoms with van der Waals surface area (Å²) < 4.78 is 5.92. The van der Waals surface area contributed by atoms with Gasteiger partial charge >= 0.3 is 0 Å². The Kier molecular flexibility index (Phi) is 3.45.